The number of hydrogen-bond acceptors (Lipinski definition) is 4. The molecule has 5 heteroatoms. The van der Waals surface area contributed by atoms with Crippen molar-refractivity contribution >= 4 is 6.09 Å². The van der Waals surface area contributed by atoms with Crippen LogP contribution in [-0.4, -0.2) is 36.6 Å². The molecular formula is C21H37NO4. The summed E-state index contributed by atoms with van der Waals surface area (Å²) < 4.78 is 10.6. The number of aliphatic hydroxyl groups excluding tert-OH is 1. The Labute approximate surface area is 159 Å². The number of carbonyl (C=O) groups excluding carboxylic acids is 1. The lowest BCUT2D eigenvalue weighted by Gasteiger charge is -2.25. The van der Waals surface area contributed by atoms with Gasteiger partial charge in [0.1, 0.15) is 5.60 Å². The first-order chi connectivity index (χ1) is 11.9. The van der Waals surface area contributed by atoms with E-state index in [-0.39, 0.29) is 11.5 Å². The average Bonchev–Trinajstić information content (AvgIpc) is 2.43. The van der Waals surface area contributed by atoms with E-state index in [1.807, 2.05) is 39.0 Å². The van der Waals surface area contributed by atoms with E-state index in [0.29, 0.717) is 13.2 Å². The van der Waals surface area contributed by atoms with Crippen molar-refractivity contribution < 1.29 is 19.4 Å². The molecule has 1 aromatic carbocycles. The summed E-state index contributed by atoms with van der Waals surface area (Å²) in [4.78, 5) is 11.8. The van der Waals surface area contributed by atoms with Gasteiger partial charge in [0.2, 0.25) is 0 Å². The monoisotopic (exact) mass is 367 g/mol. The summed E-state index contributed by atoms with van der Waals surface area (Å²) >= 11 is 0. The van der Waals surface area contributed by atoms with E-state index in [4.69, 9.17) is 14.6 Å². The fraction of sp³-hybridized carbons (Fsp3) is 0.667. The normalized spacial score (nSPS) is 11.6. The molecule has 0 heterocycles. The van der Waals surface area contributed by atoms with Crippen LogP contribution in [0.3, 0.4) is 0 Å². The SMILES string of the molecule is CC(C)O.COCC(C)(C)Cc1ccccc1CNC(=O)OC(C)(C)C. The number of benzene rings is 1. The number of carbonyl (C=O) groups is 1. The molecule has 0 spiro atoms. The second kappa shape index (κ2) is 11.2. The van der Waals surface area contributed by atoms with Crippen molar-refractivity contribution in [2.75, 3.05) is 13.7 Å². The Morgan fingerprint density at radius 3 is 2.08 bits per heavy atom. The van der Waals surface area contributed by atoms with Gasteiger partial charge in [-0.1, -0.05) is 38.1 Å². The van der Waals surface area contributed by atoms with Gasteiger partial charge in [0, 0.05) is 19.8 Å². The van der Waals surface area contributed by atoms with E-state index in [0.717, 1.165) is 12.0 Å². The fourth-order valence-electron chi connectivity index (χ4n) is 2.34. The lowest BCUT2D eigenvalue weighted by atomic mass is 9.85. The molecule has 2 N–H and O–H groups in total. The molecule has 0 aliphatic carbocycles. The number of nitrogens with one attached hydrogen (secondary N) is 1. The quantitative estimate of drug-likeness (QED) is 0.786. The van der Waals surface area contributed by atoms with Crippen LogP contribution in [0, 0.1) is 5.41 Å². The highest BCUT2D eigenvalue weighted by molar-refractivity contribution is 5.67. The summed E-state index contributed by atoms with van der Waals surface area (Å²) in [7, 11) is 1.72. The van der Waals surface area contributed by atoms with E-state index in [2.05, 4.69) is 25.2 Å². The molecule has 0 unspecified atom stereocenters. The van der Waals surface area contributed by atoms with Crippen LogP contribution in [0.15, 0.2) is 24.3 Å². The van der Waals surface area contributed by atoms with E-state index >= 15 is 0 Å². The van der Waals surface area contributed by atoms with E-state index in [9.17, 15) is 4.79 Å². The molecule has 0 aromatic heterocycles. The van der Waals surface area contributed by atoms with Gasteiger partial charge >= 0.3 is 6.09 Å². The van der Waals surface area contributed by atoms with Crippen LogP contribution < -0.4 is 5.32 Å². The first-order valence-corrected chi connectivity index (χ1v) is 9.07. The number of methoxy groups -OCH3 is 1. The van der Waals surface area contributed by atoms with Crippen molar-refractivity contribution in [3.8, 4) is 0 Å². The molecule has 0 aliphatic rings. The second-order valence-corrected chi connectivity index (χ2v) is 8.49. The summed E-state index contributed by atoms with van der Waals surface area (Å²) in [6.45, 7) is 14.5. The highest BCUT2D eigenvalue weighted by atomic mass is 16.6. The van der Waals surface area contributed by atoms with Crippen LogP contribution in [0.1, 0.15) is 59.6 Å². The number of ether oxygens (including phenoxy) is 2. The predicted molar refractivity (Wildman–Crippen MR) is 106 cm³/mol. The van der Waals surface area contributed by atoms with Crippen molar-refractivity contribution in [2.24, 2.45) is 5.41 Å². The van der Waals surface area contributed by atoms with Gasteiger partial charge in [-0.25, -0.2) is 4.79 Å². The first-order valence-electron chi connectivity index (χ1n) is 9.07. The van der Waals surface area contributed by atoms with E-state index in [1.165, 1.54) is 5.56 Å². The minimum absolute atomic E-state index is 0.0524. The topological polar surface area (TPSA) is 67.8 Å². The molecule has 0 fully saturated rings. The van der Waals surface area contributed by atoms with E-state index in [1.54, 1.807) is 21.0 Å². The summed E-state index contributed by atoms with van der Waals surface area (Å²) in [5, 5.41) is 10.9. The largest absolute Gasteiger partial charge is 0.444 e. The molecule has 0 saturated heterocycles. The van der Waals surface area contributed by atoms with Crippen LogP contribution in [0.5, 0.6) is 0 Å². The Balaban J connectivity index is 0.00000141. The van der Waals surface area contributed by atoms with Gasteiger partial charge in [-0.3, -0.25) is 0 Å². The minimum atomic E-state index is -0.482. The number of hydrogen-bond donors (Lipinski definition) is 2. The Hall–Kier alpha value is -1.59. The third kappa shape index (κ3) is 12.7. The van der Waals surface area contributed by atoms with Gasteiger partial charge in [-0.2, -0.15) is 0 Å². The Kier molecular flexibility index (Phi) is 10.5. The third-order valence-electron chi connectivity index (χ3n) is 3.14. The van der Waals surface area contributed by atoms with Crippen LogP contribution in [0.4, 0.5) is 4.79 Å². The minimum Gasteiger partial charge on any atom is -0.444 e. The Morgan fingerprint density at radius 2 is 1.62 bits per heavy atom. The molecular weight excluding hydrogens is 330 g/mol. The van der Waals surface area contributed by atoms with Gasteiger partial charge in [0.25, 0.3) is 0 Å². The highest BCUT2D eigenvalue weighted by Crippen LogP contribution is 2.24. The molecule has 150 valence electrons. The first kappa shape index (κ1) is 24.4. The van der Waals surface area contributed by atoms with Gasteiger partial charge in [-0.15, -0.1) is 0 Å². The average molecular weight is 368 g/mol. The molecule has 26 heavy (non-hydrogen) atoms. The van der Waals surface area contributed by atoms with Crippen LogP contribution in [0.25, 0.3) is 0 Å². The maximum Gasteiger partial charge on any atom is 0.407 e. The summed E-state index contributed by atoms with van der Waals surface area (Å²) in [5.41, 5.74) is 1.90. The summed E-state index contributed by atoms with van der Waals surface area (Å²) in [5.74, 6) is 0. The molecule has 1 aromatic rings. The standard InChI is InChI=1S/C18H29NO3.C3H8O/c1-17(2,3)22-16(20)19-12-15-10-8-7-9-14(15)11-18(4,5)13-21-6;1-3(2)4/h7-10H,11-13H2,1-6H3,(H,19,20);3-4H,1-2H3. The molecule has 0 radical (unpaired) electrons. The molecule has 0 aliphatic heterocycles. The number of alkyl carbamates (subject to hydrolysis) is 1. The molecule has 0 atom stereocenters. The smallest absolute Gasteiger partial charge is 0.407 e. The maximum atomic E-state index is 11.8. The van der Waals surface area contributed by atoms with Gasteiger partial charge in [-0.05, 0) is 57.6 Å². The van der Waals surface area contributed by atoms with E-state index < -0.39 is 11.7 Å². The second-order valence-electron chi connectivity index (χ2n) is 8.49. The van der Waals surface area contributed by atoms with Crippen LogP contribution >= 0.6 is 0 Å². The lowest BCUT2D eigenvalue weighted by molar-refractivity contribution is 0.0523. The van der Waals surface area contributed by atoms with Gasteiger partial charge < -0.3 is 19.9 Å². The third-order valence-corrected chi connectivity index (χ3v) is 3.14. The lowest BCUT2D eigenvalue weighted by Crippen LogP contribution is -2.32. The maximum absolute atomic E-state index is 11.8. The zero-order valence-electron chi connectivity index (χ0n) is 17.7. The predicted octanol–water partition coefficient (Wildman–Crippen LogP) is 4.31. The summed E-state index contributed by atoms with van der Waals surface area (Å²) in [6, 6.07) is 8.15. The zero-order valence-corrected chi connectivity index (χ0v) is 17.7. The van der Waals surface area contributed by atoms with Crippen molar-refractivity contribution in [1.82, 2.24) is 5.32 Å². The van der Waals surface area contributed by atoms with Crippen molar-refractivity contribution in [3.63, 3.8) is 0 Å². The van der Waals surface area contributed by atoms with Crippen molar-refractivity contribution in [2.45, 2.75) is 73.1 Å². The van der Waals surface area contributed by atoms with Gasteiger partial charge in [0.05, 0.1) is 6.61 Å². The van der Waals surface area contributed by atoms with Gasteiger partial charge in [0.15, 0.2) is 0 Å². The number of aliphatic hydroxyl groups is 1. The highest BCUT2D eigenvalue weighted by Gasteiger charge is 2.20. The molecule has 5 nitrogen and oxygen atoms in total. The van der Waals surface area contributed by atoms with Crippen LogP contribution in [-0.2, 0) is 22.4 Å². The molecule has 0 bridgehead atoms. The fourth-order valence-corrected chi connectivity index (χ4v) is 2.34. The van der Waals surface area contributed by atoms with Crippen molar-refractivity contribution in [3.05, 3.63) is 35.4 Å². The molecule has 0 saturated carbocycles. The Bertz CT molecular complexity index is 530. The Morgan fingerprint density at radius 1 is 1.12 bits per heavy atom. The number of amides is 1. The summed E-state index contributed by atoms with van der Waals surface area (Å²) in [6.07, 6.45) is 0.339. The van der Waals surface area contributed by atoms with Crippen LogP contribution in [0.2, 0.25) is 0 Å². The number of rotatable bonds is 6. The molecule has 1 amide bonds. The molecule has 1 rings (SSSR count). The zero-order chi connectivity index (χ0) is 20.4. The van der Waals surface area contributed by atoms with Crippen molar-refractivity contribution in [1.29, 1.82) is 0 Å².